The van der Waals surface area contributed by atoms with Crippen LogP contribution < -0.4 is 4.74 Å². The lowest BCUT2D eigenvalue weighted by Gasteiger charge is -2.08. The Bertz CT molecular complexity index is 1600. The first-order valence-corrected chi connectivity index (χ1v) is 10.7. The molecule has 0 fully saturated rings. The van der Waals surface area contributed by atoms with E-state index in [0.29, 0.717) is 5.82 Å². The van der Waals surface area contributed by atoms with E-state index < -0.39 is 0 Å². The molecule has 0 unspecified atom stereocenters. The topological polar surface area (TPSA) is 57.8 Å². The number of ether oxygens (including phenoxy) is 1. The van der Waals surface area contributed by atoms with Gasteiger partial charge in [0.05, 0.1) is 24.3 Å². The van der Waals surface area contributed by atoms with Crippen molar-refractivity contribution in [2.75, 3.05) is 7.11 Å². The molecule has 0 spiro atoms. The van der Waals surface area contributed by atoms with Crippen molar-refractivity contribution in [1.29, 1.82) is 0 Å². The van der Waals surface area contributed by atoms with Crippen molar-refractivity contribution >= 4 is 21.9 Å². The SMILES string of the molecule is COc1ccc2c(c1)c1c(-c3cn(-c4ccccc4)cn3)nc(C)nc1n2-c1ccccc1. The van der Waals surface area contributed by atoms with Gasteiger partial charge in [-0.25, -0.2) is 15.0 Å². The molecule has 3 heterocycles. The average Bonchev–Trinajstić information content (AvgIpc) is 3.47. The first-order chi connectivity index (χ1) is 16.2. The lowest BCUT2D eigenvalue weighted by Crippen LogP contribution is -1.99. The van der Waals surface area contributed by atoms with Crippen molar-refractivity contribution in [2.24, 2.45) is 0 Å². The average molecular weight is 431 g/mol. The van der Waals surface area contributed by atoms with Crippen LogP contribution in [0.25, 0.3) is 44.7 Å². The summed E-state index contributed by atoms with van der Waals surface area (Å²) in [7, 11) is 1.68. The van der Waals surface area contributed by atoms with E-state index in [0.717, 1.165) is 50.4 Å². The molecule has 0 aliphatic rings. The molecule has 6 heteroatoms. The van der Waals surface area contributed by atoms with Crippen molar-refractivity contribution < 1.29 is 4.74 Å². The Kier molecular flexibility index (Phi) is 4.43. The van der Waals surface area contributed by atoms with Crippen LogP contribution in [-0.4, -0.2) is 31.2 Å². The number of imidazole rings is 1. The minimum atomic E-state index is 0.693. The number of fused-ring (bicyclic) bond motifs is 3. The van der Waals surface area contributed by atoms with Gasteiger partial charge < -0.3 is 9.30 Å². The number of aryl methyl sites for hydroxylation is 1. The van der Waals surface area contributed by atoms with Crippen LogP contribution in [0.4, 0.5) is 0 Å². The van der Waals surface area contributed by atoms with Crippen molar-refractivity contribution in [1.82, 2.24) is 24.1 Å². The lowest BCUT2D eigenvalue weighted by atomic mass is 10.1. The molecule has 0 saturated carbocycles. The number of hydrogen-bond donors (Lipinski definition) is 0. The Morgan fingerprint density at radius 2 is 1.55 bits per heavy atom. The molecule has 0 saturated heterocycles. The highest BCUT2D eigenvalue weighted by molar-refractivity contribution is 6.13. The van der Waals surface area contributed by atoms with Crippen LogP contribution in [-0.2, 0) is 0 Å². The molecule has 0 aliphatic heterocycles. The van der Waals surface area contributed by atoms with E-state index in [1.165, 1.54) is 0 Å². The van der Waals surface area contributed by atoms with Gasteiger partial charge in [0.25, 0.3) is 0 Å². The summed E-state index contributed by atoms with van der Waals surface area (Å²) >= 11 is 0. The molecular weight excluding hydrogens is 410 g/mol. The number of nitrogens with zero attached hydrogens (tertiary/aromatic N) is 5. The number of rotatable bonds is 4. The van der Waals surface area contributed by atoms with Gasteiger partial charge >= 0.3 is 0 Å². The number of methoxy groups -OCH3 is 1. The first-order valence-electron chi connectivity index (χ1n) is 10.7. The number of para-hydroxylation sites is 2. The standard InChI is InChI=1S/C27H21N5O/c1-18-29-26(23-16-31(17-28-23)19-9-5-3-6-10-19)25-22-15-21(33-2)13-14-24(22)32(27(25)30-18)20-11-7-4-8-12-20/h3-17H,1-2H3. The second-order valence-corrected chi connectivity index (χ2v) is 7.87. The Labute approximate surface area is 190 Å². The smallest absolute Gasteiger partial charge is 0.150 e. The van der Waals surface area contributed by atoms with Crippen molar-refractivity contribution in [3.05, 3.63) is 97.2 Å². The van der Waals surface area contributed by atoms with Crippen LogP contribution in [0.5, 0.6) is 5.75 Å². The fraction of sp³-hybridized carbons (Fsp3) is 0.0741. The van der Waals surface area contributed by atoms with Crippen LogP contribution in [0.3, 0.4) is 0 Å². The molecule has 0 radical (unpaired) electrons. The third-order valence-corrected chi connectivity index (χ3v) is 5.82. The van der Waals surface area contributed by atoms with Crippen molar-refractivity contribution in [2.45, 2.75) is 6.92 Å². The second kappa shape index (κ2) is 7.60. The molecule has 160 valence electrons. The van der Waals surface area contributed by atoms with Gasteiger partial charge in [-0.1, -0.05) is 36.4 Å². The summed E-state index contributed by atoms with van der Waals surface area (Å²) in [6.45, 7) is 1.92. The maximum absolute atomic E-state index is 5.55. The zero-order chi connectivity index (χ0) is 22.4. The normalized spacial score (nSPS) is 11.3. The van der Waals surface area contributed by atoms with Crippen LogP contribution in [0.2, 0.25) is 0 Å². The molecule has 0 atom stereocenters. The molecule has 0 aliphatic carbocycles. The van der Waals surface area contributed by atoms with Gasteiger partial charge in [-0.05, 0) is 49.4 Å². The van der Waals surface area contributed by atoms with E-state index in [-0.39, 0.29) is 0 Å². The number of hydrogen-bond acceptors (Lipinski definition) is 4. The molecule has 0 bridgehead atoms. The van der Waals surface area contributed by atoms with Gasteiger partial charge in [0, 0.05) is 23.0 Å². The Morgan fingerprint density at radius 3 is 2.27 bits per heavy atom. The molecule has 0 N–H and O–H groups in total. The highest BCUT2D eigenvalue weighted by Crippen LogP contribution is 2.38. The molecule has 6 aromatic rings. The fourth-order valence-electron chi connectivity index (χ4n) is 4.33. The third kappa shape index (κ3) is 3.15. The van der Waals surface area contributed by atoms with Crippen LogP contribution in [0.1, 0.15) is 5.82 Å². The number of benzene rings is 3. The summed E-state index contributed by atoms with van der Waals surface area (Å²) in [6, 6.07) is 26.5. The monoisotopic (exact) mass is 431 g/mol. The second-order valence-electron chi connectivity index (χ2n) is 7.87. The van der Waals surface area contributed by atoms with Crippen LogP contribution in [0, 0.1) is 6.92 Å². The molecular formula is C27H21N5O. The van der Waals surface area contributed by atoms with Gasteiger partial charge in [-0.3, -0.25) is 4.57 Å². The summed E-state index contributed by atoms with van der Waals surface area (Å²) in [6.07, 6.45) is 3.84. The molecule has 3 aromatic carbocycles. The Hall–Kier alpha value is -4.45. The van der Waals surface area contributed by atoms with Gasteiger partial charge in [0.1, 0.15) is 28.6 Å². The van der Waals surface area contributed by atoms with E-state index in [9.17, 15) is 0 Å². The first kappa shape index (κ1) is 19.3. The van der Waals surface area contributed by atoms with Gasteiger partial charge in [-0.15, -0.1) is 0 Å². The highest BCUT2D eigenvalue weighted by Gasteiger charge is 2.21. The van der Waals surface area contributed by atoms with Gasteiger partial charge in [0.15, 0.2) is 0 Å². The van der Waals surface area contributed by atoms with E-state index in [4.69, 9.17) is 19.7 Å². The minimum Gasteiger partial charge on any atom is -0.497 e. The highest BCUT2D eigenvalue weighted by atomic mass is 16.5. The van der Waals surface area contributed by atoms with Gasteiger partial charge in [0.2, 0.25) is 0 Å². The molecule has 6 nitrogen and oxygen atoms in total. The van der Waals surface area contributed by atoms with Crippen molar-refractivity contribution in [3.63, 3.8) is 0 Å². The van der Waals surface area contributed by atoms with E-state index >= 15 is 0 Å². The Balaban J connectivity index is 1.68. The van der Waals surface area contributed by atoms with E-state index in [1.54, 1.807) is 7.11 Å². The quantitative estimate of drug-likeness (QED) is 0.357. The predicted molar refractivity (Wildman–Crippen MR) is 130 cm³/mol. The van der Waals surface area contributed by atoms with Crippen molar-refractivity contribution in [3.8, 4) is 28.5 Å². The Morgan fingerprint density at radius 1 is 0.818 bits per heavy atom. The fourth-order valence-corrected chi connectivity index (χ4v) is 4.33. The molecule has 33 heavy (non-hydrogen) atoms. The summed E-state index contributed by atoms with van der Waals surface area (Å²) in [5.41, 5.74) is 5.58. The van der Waals surface area contributed by atoms with Crippen LogP contribution >= 0.6 is 0 Å². The predicted octanol–water partition coefficient (Wildman–Crippen LogP) is 5.74. The lowest BCUT2D eigenvalue weighted by molar-refractivity contribution is 0.415. The summed E-state index contributed by atoms with van der Waals surface area (Å²) < 4.78 is 9.73. The van der Waals surface area contributed by atoms with Gasteiger partial charge in [-0.2, -0.15) is 0 Å². The van der Waals surface area contributed by atoms with E-state index in [1.807, 2.05) is 72.5 Å². The maximum Gasteiger partial charge on any atom is 0.150 e. The summed E-state index contributed by atoms with van der Waals surface area (Å²) in [5, 5.41) is 1.98. The number of aromatic nitrogens is 5. The molecule has 3 aromatic heterocycles. The van der Waals surface area contributed by atoms with E-state index in [2.05, 4.69) is 34.9 Å². The minimum absolute atomic E-state index is 0.693. The maximum atomic E-state index is 5.55. The third-order valence-electron chi connectivity index (χ3n) is 5.82. The largest absolute Gasteiger partial charge is 0.497 e. The summed E-state index contributed by atoms with van der Waals surface area (Å²) in [5.74, 6) is 1.48. The zero-order valence-corrected chi connectivity index (χ0v) is 18.3. The summed E-state index contributed by atoms with van der Waals surface area (Å²) in [4.78, 5) is 14.4. The molecule has 0 amide bonds. The zero-order valence-electron chi connectivity index (χ0n) is 18.3. The van der Waals surface area contributed by atoms with Crippen LogP contribution in [0.15, 0.2) is 91.4 Å². The molecule has 6 rings (SSSR count).